The van der Waals surface area contributed by atoms with E-state index in [0.29, 0.717) is 23.8 Å². The van der Waals surface area contributed by atoms with Gasteiger partial charge in [0.1, 0.15) is 10.7 Å². The molecule has 1 amide bonds. The van der Waals surface area contributed by atoms with Crippen LogP contribution in [0.5, 0.6) is 0 Å². The molecule has 0 saturated carbocycles. The number of aryl methyl sites for hydroxylation is 1. The zero-order chi connectivity index (χ0) is 18.1. The van der Waals surface area contributed by atoms with Crippen molar-refractivity contribution in [1.29, 1.82) is 0 Å². The first-order chi connectivity index (χ1) is 12.6. The van der Waals surface area contributed by atoms with Crippen molar-refractivity contribution in [3.05, 3.63) is 58.3 Å². The number of halogens is 1. The summed E-state index contributed by atoms with van der Waals surface area (Å²) in [5.74, 6) is -0.0529. The third kappa shape index (κ3) is 3.38. The topological polar surface area (TPSA) is 63.1 Å². The van der Waals surface area contributed by atoms with E-state index in [1.165, 1.54) is 11.3 Å². The van der Waals surface area contributed by atoms with Crippen molar-refractivity contribution >= 4 is 28.8 Å². The van der Waals surface area contributed by atoms with E-state index in [1.54, 1.807) is 10.9 Å². The number of rotatable bonds is 3. The number of aromatic nitrogens is 3. The first-order valence-electron chi connectivity index (χ1n) is 8.33. The molecule has 0 spiro atoms. The molecule has 1 aliphatic rings. The van der Waals surface area contributed by atoms with Crippen LogP contribution in [0.25, 0.3) is 10.6 Å². The van der Waals surface area contributed by atoms with Gasteiger partial charge in [0, 0.05) is 48.8 Å². The van der Waals surface area contributed by atoms with Gasteiger partial charge in [-0.15, -0.1) is 11.3 Å². The van der Waals surface area contributed by atoms with Gasteiger partial charge in [0.2, 0.25) is 0 Å². The van der Waals surface area contributed by atoms with Gasteiger partial charge < -0.3 is 10.2 Å². The normalized spacial score (nSPS) is 17.5. The fourth-order valence-corrected chi connectivity index (χ4v) is 4.11. The molecule has 0 bridgehead atoms. The highest BCUT2D eigenvalue weighted by Gasteiger charge is 2.30. The minimum absolute atomic E-state index is 0.0529. The van der Waals surface area contributed by atoms with E-state index in [9.17, 15) is 4.79 Å². The summed E-state index contributed by atoms with van der Waals surface area (Å²) in [5, 5.41) is 10.8. The Hall–Kier alpha value is -2.22. The molecule has 1 N–H and O–H groups in total. The minimum atomic E-state index is -0.0570. The molecule has 1 aromatic carbocycles. The molecule has 1 atom stereocenters. The van der Waals surface area contributed by atoms with Gasteiger partial charge in [-0.3, -0.25) is 9.48 Å². The standard InChI is InChI=1S/C18H18ClN5OS/c1-23-10-13(8-21-23)17-22-15(11-26-17)18(25)24-6-5-20-9-16(24)12-3-2-4-14(19)7-12/h2-4,7-8,10-11,16,20H,5-6,9H2,1H3. The largest absolute Gasteiger partial charge is 0.328 e. The molecule has 3 aromatic rings. The minimum Gasteiger partial charge on any atom is -0.328 e. The molecule has 26 heavy (non-hydrogen) atoms. The maximum atomic E-state index is 13.1. The number of benzene rings is 1. The molecular formula is C18H18ClN5OS. The zero-order valence-electron chi connectivity index (χ0n) is 14.2. The second-order valence-electron chi connectivity index (χ2n) is 6.21. The van der Waals surface area contributed by atoms with E-state index < -0.39 is 0 Å². The first-order valence-corrected chi connectivity index (χ1v) is 9.59. The Labute approximate surface area is 160 Å². The number of carbonyl (C=O) groups is 1. The van der Waals surface area contributed by atoms with Gasteiger partial charge in [-0.05, 0) is 17.7 Å². The Kier molecular flexibility index (Phi) is 4.76. The number of hydrogen-bond donors (Lipinski definition) is 1. The summed E-state index contributed by atoms with van der Waals surface area (Å²) in [6, 6.07) is 7.62. The van der Waals surface area contributed by atoms with Crippen LogP contribution in [0.3, 0.4) is 0 Å². The van der Waals surface area contributed by atoms with Gasteiger partial charge in [0.05, 0.1) is 12.2 Å². The van der Waals surface area contributed by atoms with Gasteiger partial charge in [0.15, 0.2) is 0 Å². The van der Waals surface area contributed by atoms with Crippen molar-refractivity contribution in [2.24, 2.45) is 7.05 Å². The van der Waals surface area contributed by atoms with E-state index in [0.717, 1.165) is 22.7 Å². The molecule has 1 unspecified atom stereocenters. The molecule has 2 aromatic heterocycles. The molecule has 1 fully saturated rings. The number of piperazine rings is 1. The summed E-state index contributed by atoms with van der Waals surface area (Å²) in [7, 11) is 1.86. The molecule has 3 heterocycles. The van der Waals surface area contributed by atoms with Crippen LogP contribution < -0.4 is 5.32 Å². The highest BCUT2D eigenvalue weighted by Crippen LogP contribution is 2.28. The molecule has 4 rings (SSSR count). The molecule has 1 aliphatic heterocycles. The second-order valence-corrected chi connectivity index (χ2v) is 7.51. The zero-order valence-corrected chi connectivity index (χ0v) is 15.8. The van der Waals surface area contributed by atoms with E-state index in [1.807, 2.05) is 47.8 Å². The number of amides is 1. The predicted octanol–water partition coefficient (Wildman–Crippen LogP) is 2.98. The summed E-state index contributed by atoms with van der Waals surface area (Å²) in [6.45, 7) is 2.10. The van der Waals surface area contributed by atoms with Crippen molar-refractivity contribution in [2.75, 3.05) is 19.6 Å². The quantitative estimate of drug-likeness (QED) is 0.750. The summed E-state index contributed by atoms with van der Waals surface area (Å²) in [4.78, 5) is 19.5. The monoisotopic (exact) mass is 387 g/mol. The summed E-state index contributed by atoms with van der Waals surface area (Å²) >= 11 is 7.60. The number of nitrogens with one attached hydrogen (secondary N) is 1. The lowest BCUT2D eigenvalue weighted by Crippen LogP contribution is -2.48. The average Bonchev–Trinajstić information content (AvgIpc) is 3.30. The molecule has 134 valence electrons. The van der Waals surface area contributed by atoms with Gasteiger partial charge in [0.25, 0.3) is 5.91 Å². The molecule has 1 saturated heterocycles. The fraction of sp³-hybridized carbons (Fsp3) is 0.278. The first kappa shape index (κ1) is 17.2. The highest BCUT2D eigenvalue weighted by atomic mass is 35.5. The van der Waals surface area contributed by atoms with E-state index >= 15 is 0 Å². The molecule has 6 nitrogen and oxygen atoms in total. The number of carbonyl (C=O) groups excluding carboxylic acids is 1. The Morgan fingerprint density at radius 2 is 2.31 bits per heavy atom. The van der Waals surface area contributed by atoms with E-state index in [4.69, 9.17) is 11.6 Å². The third-order valence-corrected chi connectivity index (χ3v) is 5.54. The van der Waals surface area contributed by atoms with Crippen molar-refractivity contribution in [3.8, 4) is 10.6 Å². The van der Waals surface area contributed by atoms with Crippen LogP contribution in [-0.2, 0) is 7.05 Å². The van der Waals surface area contributed by atoms with Gasteiger partial charge >= 0.3 is 0 Å². The lowest BCUT2D eigenvalue weighted by atomic mass is 10.0. The van der Waals surface area contributed by atoms with Gasteiger partial charge in [-0.25, -0.2) is 4.98 Å². The number of hydrogen-bond acceptors (Lipinski definition) is 5. The summed E-state index contributed by atoms with van der Waals surface area (Å²) in [6.07, 6.45) is 3.65. The predicted molar refractivity (Wildman–Crippen MR) is 102 cm³/mol. The Balaban J connectivity index is 1.60. The van der Waals surface area contributed by atoms with Crippen LogP contribution in [-0.4, -0.2) is 45.2 Å². The Morgan fingerprint density at radius 3 is 3.08 bits per heavy atom. The van der Waals surface area contributed by atoms with Gasteiger partial charge in [-0.2, -0.15) is 5.10 Å². The molecule has 8 heteroatoms. The summed E-state index contributed by atoms with van der Waals surface area (Å²) in [5.41, 5.74) is 2.42. The van der Waals surface area contributed by atoms with Crippen molar-refractivity contribution in [2.45, 2.75) is 6.04 Å². The molecule has 0 aliphatic carbocycles. The van der Waals surface area contributed by atoms with Crippen LogP contribution >= 0.6 is 22.9 Å². The lowest BCUT2D eigenvalue weighted by Gasteiger charge is -2.36. The fourth-order valence-electron chi connectivity index (χ4n) is 3.14. The third-order valence-electron chi connectivity index (χ3n) is 4.41. The average molecular weight is 388 g/mol. The number of nitrogens with zero attached hydrogens (tertiary/aromatic N) is 4. The summed E-state index contributed by atoms with van der Waals surface area (Å²) < 4.78 is 1.73. The Bertz CT molecular complexity index is 937. The van der Waals surface area contributed by atoms with E-state index in [2.05, 4.69) is 15.4 Å². The SMILES string of the molecule is Cn1cc(-c2nc(C(=O)N3CCNCC3c3cccc(Cl)c3)cs2)cn1. The Morgan fingerprint density at radius 1 is 1.42 bits per heavy atom. The van der Waals surface area contributed by atoms with Crippen LogP contribution in [0, 0.1) is 0 Å². The van der Waals surface area contributed by atoms with Crippen LogP contribution in [0.2, 0.25) is 5.02 Å². The van der Waals surface area contributed by atoms with Crippen LogP contribution in [0.1, 0.15) is 22.1 Å². The maximum Gasteiger partial charge on any atom is 0.273 e. The van der Waals surface area contributed by atoms with Crippen molar-refractivity contribution < 1.29 is 4.79 Å². The van der Waals surface area contributed by atoms with Crippen LogP contribution in [0.15, 0.2) is 42.0 Å². The molecule has 0 radical (unpaired) electrons. The van der Waals surface area contributed by atoms with Crippen LogP contribution in [0.4, 0.5) is 0 Å². The lowest BCUT2D eigenvalue weighted by molar-refractivity contribution is 0.0629. The van der Waals surface area contributed by atoms with E-state index in [-0.39, 0.29) is 11.9 Å². The van der Waals surface area contributed by atoms with Crippen molar-refractivity contribution in [1.82, 2.24) is 25.0 Å². The maximum absolute atomic E-state index is 13.1. The second kappa shape index (κ2) is 7.19. The highest BCUT2D eigenvalue weighted by molar-refractivity contribution is 7.13. The molecular weight excluding hydrogens is 370 g/mol. The van der Waals surface area contributed by atoms with Crippen molar-refractivity contribution in [3.63, 3.8) is 0 Å². The number of thiazole rings is 1. The van der Waals surface area contributed by atoms with Gasteiger partial charge in [-0.1, -0.05) is 23.7 Å². The smallest absolute Gasteiger partial charge is 0.273 e.